The summed E-state index contributed by atoms with van der Waals surface area (Å²) in [5.74, 6) is 0.267. The molecule has 1 aliphatic rings. The Kier molecular flexibility index (Phi) is 3.72. The Labute approximate surface area is 118 Å². The molecule has 3 heteroatoms. The molecule has 3 nitrogen and oxygen atoms in total. The van der Waals surface area contributed by atoms with E-state index in [1.54, 1.807) is 6.07 Å². The monoisotopic (exact) mass is 270 g/mol. The van der Waals surface area contributed by atoms with E-state index in [2.05, 4.69) is 0 Å². The summed E-state index contributed by atoms with van der Waals surface area (Å²) in [6.45, 7) is 0.497. The molecule has 3 rings (SSSR count). The van der Waals surface area contributed by atoms with Crippen molar-refractivity contribution in [2.45, 2.75) is 31.7 Å². The molecule has 2 aromatic carbocycles. The summed E-state index contributed by atoms with van der Waals surface area (Å²) in [5.41, 5.74) is 3.01. The van der Waals surface area contributed by atoms with E-state index in [0.717, 1.165) is 16.7 Å². The number of phenols is 1. The van der Waals surface area contributed by atoms with Crippen LogP contribution < -0.4 is 0 Å². The fourth-order valence-electron chi connectivity index (χ4n) is 2.69. The van der Waals surface area contributed by atoms with Crippen molar-refractivity contribution in [2.24, 2.45) is 0 Å². The van der Waals surface area contributed by atoms with Gasteiger partial charge in [-0.05, 0) is 22.8 Å². The van der Waals surface area contributed by atoms with Crippen LogP contribution in [0.15, 0.2) is 48.5 Å². The van der Waals surface area contributed by atoms with Crippen LogP contribution in [0.5, 0.6) is 5.75 Å². The second kappa shape index (κ2) is 5.65. The van der Waals surface area contributed by atoms with Crippen LogP contribution in [0.3, 0.4) is 0 Å². The summed E-state index contributed by atoms with van der Waals surface area (Å²) in [6, 6.07) is 15.4. The van der Waals surface area contributed by atoms with Crippen LogP contribution in [0.1, 0.15) is 16.7 Å². The van der Waals surface area contributed by atoms with Crippen molar-refractivity contribution < 1.29 is 14.9 Å². The van der Waals surface area contributed by atoms with Crippen molar-refractivity contribution >= 4 is 0 Å². The largest absolute Gasteiger partial charge is 0.508 e. The first-order valence-electron chi connectivity index (χ1n) is 6.87. The Morgan fingerprint density at radius 2 is 1.80 bits per heavy atom. The lowest BCUT2D eigenvalue weighted by Crippen LogP contribution is -2.37. The van der Waals surface area contributed by atoms with Gasteiger partial charge in [0.15, 0.2) is 0 Å². The molecule has 0 heterocycles. The van der Waals surface area contributed by atoms with Crippen molar-refractivity contribution in [2.75, 3.05) is 0 Å². The van der Waals surface area contributed by atoms with Gasteiger partial charge in [0.1, 0.15) is 5.75 Å². The maximum Gasteiger partial charge on any atom is 0.119 e. The van der Waals surface area contributed by atoms with E-state index in [1.807, 2.05) is 42.5 Å². The lowest BCUT2D eigenvalue weighted by atomic mass is 9.87. The molecule has 0 bridgehead atoms. The number of benzene rings is 2. The standard InChI is InChI=1S/C17H18O3/c18-15-8-4-7-13-9-17(16(19)10-14(13)15)20-11-12-5-2-1-3-6-12/h1-8,16-19H,9-11H2. The minimum atomic E-state index is -0.570. The van der Waals surface area contributed by atoms with Gasteiger partial charge in [-0.3, -0.25) is 0 Å². The lowest BCUT2D eigenvalue weighted by Gasteiger charge is -2.30. The van der Waals surface area contributed by atoms with E-state index >= 15 is 0 Å². The van der Waals surface area contributed by atoms with Crippen LogP contribution in [0.4, 0.5) is 0 Å². The molecular formula is C17H18O3. The van der Waals surface area contributed by atoms with Crippen LogP contribution in [0, 0.1) is 0 Å². The van der Waals surface area contributed by atoms with E-state index in [1.165, 1.54) is 0 Å². The third-order valence-electron chi connectivity index (χ3n) is 3.82. The number of hydrogen-bond acceptors (Lipinski definition) is 3. The van der Waals surface area contributed by atoms with Gasteiger partial charge in [-0.2, -0.15) is 0 Å². The lowest BCUT2D eigenvalue weighted by molar-refractivity contribution is -0.0496. The predicted octanol–water partition coefficient (Wildman–Crippen LogP) is 2.44. The van der Waals surface area contributed by atoms with Gasteiger partial charge in [-0.1, -0.05) is 42.5 Å². The van der Waals surface area contributed by atoms with Gasteiger partial charge in [0.25, 0.3) is 0 Å². The summed E-state index contributed by atoms with van der Waals surface area (Å²) in [7, 11) is 0. The molecule has 2 unspecified atom stereocenters. The fourth-order valence-corrected chi connectivity index (χ4v) is 2.69. The van der Waals surface area contributed by atoms with Gasteiger partial charge in [0.05, 0.1) is 18.8 Å². The highest BCUT2D eigenvalue weighted by Crippen LogP contribution is 2.30. The molecule has 20 heavy (non-hydrogen) atoms. The molecule has 0 saturated carbocycles. The molecule has 0 fully saturated rings. The summed E-state index contributed by atoms with van der Waals surface area (Å²) in [4.78, 5) is 0. The molecule has 0 aromatic heterocycles. The zero-order valence-electron chi connectivity index (χ0n) is 11.2. The molecule has 0 amide bonds. The third-order valence-corrected chi connectivity index (χ3v) is 3.82. The molecular weight excluding hydrogens is 252 g/mol. The highest BCUT2D eigenvalue weighted by Gasteiger charge is 2.29. The number of fused-ring (bicyclic) bond motifs is 1. The fraction of sp³-hybridized carbons (Fsp3) is 0.294. The van der Waals surface area contributed by atoms with E-state index in [4.69, 9.17) is 4.74 Å². The van der Waals surface area contributed by atoms with Crippen molar-refractivity contribution in [3.8, 4) is 5.75 Å². The quantitative estimate of drug-likeness (QED) is 0.900. The first-order valence-corrected chi connectivity index (χ1v) is 6.87. The average molecular weight is 270 g/mol. The zero-order valence-corrected chi connectivity index (χ0v) is 11.2. The Hall–Kier alpha value is -1.84. The van der Waals surface area contributed by atoms with Crippen LogP contribution in [0.25, 0.3) is 0 Å². The molecule has 0 radical (unpaired) electrons. The summed E-state index contributed by atoms with van der Waals surface area (Å²) < 4.78 is 5.85. The van der Waals surface area contributed by atoms with Gasteiger partial charge < -0.3 is 14.9 Å². The second-order valence-corrected chi connectivity index (χ2v) is 5.23. The van der Waals surface area contributed by atoms with Crippen LogP contribution in [0.2, 0.25) is 0 Å². The summed E-state index contributed by atoms with van der Waals surface area (Å²) >= 11 is 0. The maximum atomic E-state index is 10.2. The number of rotatable bonds is 3. The number of hydrogen-bond donors (Lipinski definition) is 2. The maximum absolute atomic E-state index is 10.2. The molecule has 2 N–H and O–H groups in total. The van der Waals surface area contributed by atoms with Crippen molar-refractivity contribution in [3.63, 3.8) is 0 Å². The zero-order chi connectivity index (χ0) is 13.9. The molecule has 1 aliphatic carbocycles. The second-order valence-electron chi connectivity index (χ2n) is 5.23. The van der Waals surface area contributed by atoms with Gasteiger partial charge in [0, 0.05) is 12.8 Å². The van der Waals surface area contributed by atoms with E-state index in [9.17, 15) is 10.2 Å². The van der Waals surface area contributed by atoms with E-state index in [0.29, 0.717) is 19.4 Å². The molecule has 0 aliphatic heterocycles. The van der Waals surface area contributed by atoms with Crippen molar-refractivity contribution in [1.82, 2.24) is 0 Å². The molecule has 2 aromatic rings. The Morgan fingerprint density at radius 1 is 1.00 bits per heavy atom. The first kappa shape index (κ1) is 13.2. The summed E-state index contributed by atoms with van der Waals surface area (Å²) in [6.07, 6.45) is 0.295. The number of ether oxygens (including phenoxy) is 1. The van der Waals surface area contributed by atoms with Gasteiger partial charge in [0.2, 0.25) is 0 Å². The predicted molar refractivity (Wildman–Crippen MR) is 76.5 cm³/mol. The number of aliphatic hydroxyl groups is 1. The Morgan fingerprint density at radius 3 is 2.60 bits per heavy atom. The molecule has 0 saturated heterocycles. The Bertz CT molecular complexity index is 580. The highest BCUT2D eigenvalue weighted by molar-refractivity contribution is 5.42. The minimum absolute atomic E-state index is 0.218. The van der Waals surface area contributed by atoms with Gasteiger partial charge >= 0.3 is 0 Å². The molecule has 2 atom stereocenters. The molecule has 0 spiro atoms. The van der Waals surface area contributed by atoms with Crippen LogP contribution >= 0.6 is 0 Å². The number of aliphatic hydroxyl groups excluding tert-OH is 1. The minimum Gasteiger partial charge on any atom is -0.508 e. The summed E-state index contributed by atoms with van der Waals surface area (Å²) in [5, 5.41) is 20.0. The highest BCUT2D eigenvalue weighted by atomic mass is 16.5. The van der Waals surface area contributed by atoms with Crippen LogP contribution in [-0.2, 0) is 24.2 Å². The first-order chi connectivity index (χ1) is 9.74. The van der Waals surface area contributed by atoms with Crippen molar-refractivity contribution in [3.05, 3.63) is 65.2 Å². The topological polar surface area (TPSA) is 49.7 Å². The third kappa shape index (κ3) is 2.69. The van der Waals surface area contributed by atoms with Gasteiger partial charge in [-0.15, -0.1) is 0 Å². The number of phenolic OH excluding ortho intramolecular Hbond substituents is 1. The number of aromatic hydroxyl groups is 1. The molecule has 104 valence electrons. The van der Waals surface area contributed by atoms with Crippen molar-refractivity contribution in [1.29, 1.82) is 0 Å². The normalized spacial score (nSPS) is 21.4. The SMILES string of the molecule is Oc1cccc2c1CC(O)C(OCc1ccccc1)C2. The van der Waals surface area contributed by atoms with Gasteiger partial charge in [-0.25, -0.2) is 0 Å². The Balaban J connectivity index is 1.70. The van der Waals surface area contributed by atoms with E-state index in [-0.39, 0.29) is 11.9 Å². The van der Waals surface area contributed by atoms with E-state index < -0.39 is 6.10 Å². The van der Waals surface area contributed by atoms with Crippen LogP contribution in [-0.4, -0.2) is 22.4 Å². The smallest absolute Gasteiger partial charge is 0.119 e. The average Bonchev–Trinajstić information content (AvgIpc) is 2.47.